The molecule has 17 heavy (non-hydrogen) atoms. The van der Waals surface area contributed by atoms with Gasteiger partial charge in [-0.3, -0.25) is 0 Å². The maximum atomic E-state index is 11.7. The number of fused-ring (bicyclic) bond motifs is 1. The van der Waals surface area contributed by atoms with Crippen LogP contribution < -0.4 is 0 Å². The Bertz CT molecular complexity index is 371. The highest BCUT2D eigenvalue weighted by molar-refractivity contribution is 5.83. The van der Waals surface area contributed by atoms with Crippen LogP contribution in [0.2, 0.25) is 0 Å². The van der Waals surface area contributed by atoms with Gasteiger partial charge in [-0.25, -0.2) is 4.79 Å². The smallest absolute Gasteiger partial charge is 0.331 e. The lowest BCUT2D eigenvalue weighted by Crippen LogP contribution is -2.30. The second-order valence-corrected chi connectivity index (χ2v) is 6.10. The minimum absolute atomic E-state index is 0.195. The zero-order valence-electron chi connectivity index (χ0n) is 11.2. The van der Waals surface area contributed by atoms with E-state index in [-0.39, 0.29) is 5.97 Å². The molecule has 0 aromatic rings. The molecule has 0 saturated heterocycles. The summed E-state index contributed by atoms with van der Waals surface area (Å²) in [5, 5.41) is 0. The standard InChI is InChI=1S/C15H22O2/c1-5-10-6-7-12-11(8-13(10)12)9-14(16)17-15(2,3)4/h6-7,9-10,12-13H,5,8H2,1-4H3. The van der Waals surface area contributed by atoms with Crippen molar-refractivity contribution in [2.45, 2.75) is 46.1 Å². The first-order valence-corrected chi connectivity index (χ1v) is 6.52. The van der Waals surface area contributed by atoms with Crippen LogP contribution in [0, 0.1) is 17.8 Å². The Hall–Kier alpha value is -1.05. The lowest BCUT2D eigenvalue weighted by atomic mass is 9.67. The van der Waals surface area contributed by atoms with Crippen LogP contribution in [0.15, 0.2) is 23.8 Å². The van der Waals surface area contributed by atoms with Gasteiger partial charge in [0.1, 0.15) is 5.60 Å². The van der Waals surface area contributed by atoms with Crippen molar-refractivity contribution in [3.05, 3.63) is 23.8 Å². The van der Waals surface area contributed by atoms with E-state index in [9.17, 15) is 4.79 Å². The Morgan fingerprint density at radius 1 is 1.47 bits per heavy atom. The number of carbonyl (C=O) groups is 1. The number of ether oxygens (including phenoxy) is 1. The number of esters is 1. The number of allylic oxidation sites excluding steroid dienone is 3. The van der Waals surface area contributed by atoms with Gasteiger partial charge in [-0.05, 0) is 45.4 Å². The molecule has 2 heteroatoms. The van der Waals surface area contributed by atoms with Crippen LogP contribution in [-0.4, -0.2) is 11.6 Å². The summed E-state index contributed by atoms with van der Waals surface area (Å²) < 4.78 is 5.31. The Balaban J connectivity index is 1.94. The molecular formula is C15H22O2. The summed E-state index contributed by atoms with van der Waals surface area (Å²) in [7, 11) is 0. The van der Waals surface area contributed by atoms with Crippen molar-refractivity contribution in [1.82, 2.24) is 0 Å². The van der Waals surface area contributed by atoms with Crippen LogP contribution in [0.1, 0.15) is 40.5 Å². The zero-order chi connectivity index (χ0) is 12.6. The van der Waals surface area contributed by atoms with Crippen molar-refractivity contribution in [2.75, 3.05) is 0 Å². The molecule has 94 valence electrons. The van der Waals surface area contributed by atoms with Crippen LogP contribution in [0.25, 0.3) is 0 Å². The van der Waals surface area contributed by atoms with E-state index in [0.717, 1.165) is 18.3 Å². The van der Waals surface area contributed by atoms with Crippen LogP contribution in [-0.2, 0) is 9.53 Å². The highest BCUT2D eigenvalue weighted by Gasteiger charge is 2.41. The van der Waals surface area contributed by atoms with E-state index >= 15 is 0 Å². The van der Waals surface area contributed by atoms with E-state index in [0.29, 0.717) is 5.92 Å². The molecule has 1 fully saturated rings. The zero-order valence-corrected chi connectivity index (χ0v) is 11.2. The van der Waals surface area contributed by atoms with E-state index in [1.807, 2.05) is 20.8 Å². The first-order chi connectivity index (χ1) is 7.90. The van der Waals surface area contributed by atoms with Crippen molar-refractivity contribution in [1.29, 1.82) is 0 Å². The molecule has 2 nitrogen and oxygen atoms in total. The van der Waals surface area contributed by atoms with E-state index in [2.05, 4.69) is 19.1 Å². The molecule has 0 amide bonds. The van der Waals surface area contributed by atoms with Gasteiger partial charge in [-0.2, -0.15) is 0 Å². The Kier molecular flexibility index (Phi) is 3.15. The fraction of sp³-hybridized carbons (Fsp3) is 0.667. The molecular weight excluding hydrogens is 212 g/mol. The highest BCUT2D eigenvalue weighted by Crippen LogP contribution is 2.50. The molecule has 3 unspecified atom stereocenters. The molecule has 2 aliphatic carbocycles. The predicted octanol–water partition coefficient (Wildman–Crippen LogP) is 3.49. The predicted molar refractivity (Wildman–Crippen MR) is 68.4 cm³/mol. The van der Waals surface area contributed by atoms with Gasteiger partial charge >= 0.3 is 5.97 Å². The van der Waals surface area contributed by atoms with Crippen molar-refractivity contribution in [2.24, 2.45) is 17.8 Å². The largest absolute Gasteiger partial charge is 0.457 e. The normalized spacial score (nSPS) is 33.4. The maximum Gasteiger partial charge on any atom is 0.331 e. The molecule has 0 aromatic carbocycles. The number of rotatable bonds is 2. The van der Waals surface area contributed by atoms with Crippen molar-refractivity contribution >= 4 is 5.97 Å². The van der Waals surface area contributed by atoms with Crippen LogP contribution in [0.3, 0.4) is 0 Å². The lowest BCUT2D eigenvalue weighted by Gasteiger charge is -2.37. The molecule has 0 spiro atoms. The summed E-state index contributed by atoms with van der Waals surface area (Å²) in [6.07, 6.45) is 8.55. The van der Waals surface area contributed by atoms with Gasteiger partial charge in [-0.15, -0.1) is 0 Å². The average molecular weight is 234 g/mol. The third-order valence-electron chi connectivity index (χ3n) is 3.66. The van der Waals surface area contributed by atoms with Gasteiger partial charge < -0.3 is 4.74 Å². The van der Waals surface area contributed by atoms with E-state index in [1.54, 1.807) is 6.08 Å². The number of hydrogen-bond acceptors (Lipinski definition) is 2. The van der Waals surface area contributed by atoms with E-state index < -0.39 is 5.60 Å². The topological polar surface area (TPSA) is 26.3 Å². The molecule has 0 radical (unpaired) electrons. The van der Waals surface area contributed by atoms with Crippen molar-refractivity contribution in [3.8, 4) is 0 Å². The average Bonchev–Trinajstić information content (AvgIpc) is 2.48. The van der Waals surface area contributed by atoms with Crippen molar-refractivity contribution in [3.63, 3.8) is 0 Å². The molecule has 0 aliphatic heterocycles. The SMILES string of the molecule is CCC1C=CC2C(=CC(=O)OC(C)(C)C)CC12. The highest BCUT2D eigenvalue weighted by atomic mass is 16.6. The van der Waals surface area contributed by atoms with Crippen LogP contribution in [0.5, 0.6) is 0 Å². The molecule has 2 aliphatic rings. The van der Waals surface area contributed by atoms with Crippen LogP contribution >= 0.6 is 0 Å². The molecule has 0 aromatic heterocycles. The Morgan fingerprint density at radius 3 is 2.76 bits per heavy atom. The third kappa shape index (κ3) is 2.62. The summed E-state index contributed by atoms with van der Waals surface area (Å²) in [5.41, 5.74) is 0.853. The summed E-state index contributed by atoms with van der Waals surface area (Å²) in [4.78, 5) is 11.7. The molecule has 1 saturated carbocycles. The second-order valence-electron chi connectivity index (χ2n) is 6.10. The van der Waals surface area contributed by atoms with Gasteiger partial charge in [0.2, 0.25) is 0 Å². The summed E-state index contributed by atoms with van der Waals surface area (Å²) >= 11 is 0. The van der Waals surface area contributed by atoms with Gasteiger partial charge in [0.05, 0.1) is 0 Å². The van der Waals surface area contributed by atoms with Gasteiger partial charge in [0.15, 0.2) is 0 Å². The molecule has 2 rings (SSSR count). The van der Waals surface area contributed by atoms with Crippen LogP contribution in [0.4, 0.5) is 0 Å². The summed E-state index contributed by atoms with van der Waals surface area (Å²) in [6.45, 7) is 7.92. The third-order valence-corrected chi connectivity index (χ3v) is 3.66. The Morgan fingerprint density at radius 2 is 2.18 bits per heavy atom. The summed E-state index contributed by atoms with van der Waals surface area (Å²) in [6, 6.07) is 0. The molecule has 0 bridgehead atoms. The summed E-state index contributed by atoms with van der Waals surface area (Å²) in [5.74, 6) is 1.77. The fourth-order valence-electron chi connectivity index (χ4n) is 2.82. The Labute approximate surface area is 104 Å². The maximum absolute atomic E-state index is 11.7. The van der Waals surface area contributed by atoms with E-state index in [1.165, 1.54) is 12.0 Å². The quantitative estimate of drug-likeness (QED) is 0.415. The van der Waals surface area contributed by atoms with Gasteiger partial charge in [0.25, 0.3) is 0 Å². The molecule has 3 atom stereocenters. The molecule has 0 N–H and O–H groups in total. The second kappa shape index (κ2) is 4.32. The van der Waals surface area contributed by atoms with Crippen molar-refractivity contribution < 1.29 is 9.53 Å². The van der Waals surface area contributed by atoms with E-state index in [4.69, 9.17) is 4.74 Å². The van der Waals surface area contributed by atoms with Gasteiger partial charge in [0, 0.05) is 12.0 Å². The first-order valence-electron chi connectivity index (χ1n) is 6.52. The van der Waals surface area contributed by atoms with Gasteiger partial charge in [-0.1, -0.05) is 24.6 Å². The number of carbonyl (C=O) groups excluding carboxylic acids is 1. The minimum atomic E-state index is -0.394. The number of hydrogen-bond donors (Lipinski definition) is 0. The fourth-order valence-corrected chi connectivity index (χ4v) is 2.82. The lowest BCUT2D eigenvalue weighted by molar-refractivity contribution is -0.148. The first kappa shape index (κ1) is 12.4. The monoisotopic (exact) mass is 234 g/mol. The molecule has 0 heterocycles. The minimum Gasteiger partial charge on any atom is -0.457 e.